The van der Waals surface area contributed by atoms with Gasteiger partial charge in [0.15, 0.2) is 0 Å². The van der Waals surface area contributed by atoms with E-state index >= 15 is 0 Å². The molecule has 1 fully saturated rings. The Morgan fingerprint density at radius 2 is 1.70 bits per heavy atom. The lowest BCUT2D eigenvalue weighted by Gasteiger charge is -2.28. The minimum atomic E-state index is -1.06. The first kappa shape index (κ1) is 39.4. The third-order valence-corrected chi connectivity index (χ3v) is 10.4. The number of carbonyl (C=O) groups excluding carboxylic acids is 4. The lowest BCUT2D eigenvalue weighted by atomic mass is 9.97. The lowest BCUT2D eigenvalue weighted by Crippen LogP contribution is -2.49. The zero-order valence-corrected chi connectivity index (χ0v) is 32.1. The van der Waals surface area contributed by atoms with Gasteiger partial charge in [0.05, 0.1) is 17.2 Å². The molecule has 3 aromatic carbocycles. The molecule has 11 nitrogen and oxygen atoms in total. The molecule has 1 aromatic heterocycles. The number of likely N-dealkylation sites (N-methyl/N-ethyl adjacent to an activating group) is 1. The van der Waals surface area contributed by atoms with Gasteiger partial charge >= 0.3 is 0 Å². The number of aromatic nitrogens is 1. The highest BCUT2D eigenvalue weighted by molar-refractivity contribution is 6.05. The van der Waals surface area contributed by atoms with Crippen molar-refractivity contribution in [3.63, 3.8) is 0 Å². The molecule has 11 heteroatoms. The van der Waals surface area contributed by atoms with Crippen LogP contribution in [0, 0.1) is 39.0 Å². The second-order valence-corrected chi connectivity index (χ2v) is 14.3. The van der Waals surface area contributed by atoms with E-state index in [1.165, 1.54) is 7.05 Å². The molecule has 0 aliphatic heterocycles. The third-order valence-electron chi connectivity index (χ3n) is 10.4. The van der Waals surface area contributed by atoms with Crippen LogP contribution in [0.15, 0.2) is 65.2 Å². The number of hydrogen-bond donors (Lipinski definition) is 1. The van der Waals surface area contributed by atoms with Gasteiger partial charge in [-0.3, -0.25) is 29.0 Å². The lowest BCUT2D eigenvalue weighted by molar-refractivity contribution is -0.142. The average molecular weight is 731 g/mol. The quantitative estimate of drug-likeness (QED) is 0.0798. The Labute approximate surface area is 317 Å². The number of nitrogens with one attached hydrogen (secondary N) is 1. The van der Waals surface area contributed by atoms with E-state index in [1.807, 2.05) is 26.8 Å². The van der Waals surface area contributed by atoms with Crippen molar-refractivity contribution < 1.29 is 23.7 Å². The van der Waals surface area contributed by atoms with E-state index in [-0.39, 0.29) is 11.8 Å². The SMILES string of the molecule is CCCC(C(=O)N(C)C=O)N(C=O)C(=O)c1ccc(NCCCCCN(c2ccc(C3(C#N)CC3)cc2)c2cc(-c3c(C)noc3C)ccc2C)cc1C. The number of imide groups is 2. The Morgan fingerprint density at radius 3 is 2.30 bits per heavy atom. The standard InChI is InChI=1S/C43H50N6O5/c1-7-11-38(42(53)47(6)27-50)49(28-51)41(52)37-19-16-35(24-30(37)3)45-22-9-8-10-23-48(36-17-14-34(15-18-36)43(26-44)20-21-43)39-25-33(13-12-29(39)2)40-31(4)46-54-32(40)5/h12-19,24-25,27-28,38,45H,7-11,20-23H2,1-6H3. The molecule has 282 valence electrons. The summed E-state index contributed by atoms with van der Waals surface area (Å²) in [5.41, 5.74) is 8.83. The first-order valence-electron chi connectivity index (χ1n) is 18.7. The van der Waals surface area contributed by atoms with E-state index in [1.54, 1.807) is 19.1 Å². The van der Waals surface area contributed by atoms with Crippen LogP contribution in [-0.4, -0.2) is 65.8 Å². The van der Waals surface area contributed by atoms with Gasteiger partial charge in [-0.1, -0.05) is 42.8 Å². The highest BCUT2D eigenvalue weighted by Gasteiger charge is 2.44. The molecule has 0 radical (unpaired) electrons. The van der Waals surface area contributed by atoms with Gasteiger partial charge in [-0.05, 0) is 125 Å². The third kappa shape index (κ3) is 8.54. The van der Waals surface area contributed by atoms with Crippen molar-refractivity contribution in [2.45, 2.75) is 91.0 Å². The van der Waals surface area contributed by atoms with Crippen LogP contribution in [0.5, 0.6) is 0 Å². The average Bonchev–Trinajstić information content (AvgIpc) is 3.91. The summed E-state index contributed by atoms with van der Waals surface area (Å²) in [5, 5.41) is 17.4. The highest BCUT2D eigenvalue weighted by atomic mass is 16.5. The van der Waals surface area contributed by atoms with Gasteiger partial charge in [0.1, 0.15) is 11.8 Å². The number of nitrogens with zero attached hydrogens (tertiary/aromatic N) is 5. The van der Waals surface area contributed by atoms with Crippen molar-refractivity contribution in [1.29, 1.82) is 5.26 Å². The maximum Gasteiger partial charge on any atom is 0.261 e. The Hall–Kier alpha value is -5.76. The second-order valence-electron chi connectivity index (χ2n) is 14.3. The van der Waals surface area contributed by atoms with Gasteiger partial charge in [-0.25, -0.2) is 0 Å². The molecular weight excluding hydrogens is 681 g/mol. The maximum absolute atomic E-state index is 13.4. The molecule has 1 heterocycles. The van der Waals surface area contributed by atoms with Gasteiger partial charge in [0, 0.05) is 48.3 Å². The first-order valence-corrected chi connectivity index (χ1v) is 18.7. The minimum Gasteiger partial charge on any atom is -0.385 e. The maximum atomic E-state index is 13.4. The zero-order valence-electron chi connectivity index (χ0n) is 32.1. The highest BCUT2D eigenvalue weighted by Crippen LogP contribution is 2.48. The van der Waals surface area contributed by atoms with Gasteiger partial charge in [0.2, 0.25) is 12.8 Å². The van der Waals surface area contributed by atoms with Gasteiger partial charge in [0.25, 0.3) is 11.8 Å². The van der Waals surface area contributed by atoms with E-state index in [4.69, 9.17) is 4.52 Å². The summed E-state index contributed by atoms with van der Waals surface area (Å²) in [6.07, 6.45) is 6.18. The molecule has 0 saturated heterocycles. The van der Waals surface area contributed by atoms with Crippen molar-refractivity contribution in [1.82, 2.24) is 15.0 Å². The van der Waals surface area contributed by atoms with Gasteiger partial charge < -0.3 is 14.7 Å². The monoisotopic (exact) mass is 730 g/mol. The Morgan fingerprint density at radius 1 is 0.963 bits per heavy atom. The number of nitriles is 1. The molecule has 1 unspecified atom stereocenters. The normalized spacial score (nSPS) is 13.4. The summed E-state index contributed by atoms with van der Waals surface area (Å²) in [7, 11) is 1.31. The van der Waals surface area contributed by atoms with E-state index in [0.717, 1.165) is 106 Å². The van der Waals surface area contributed by atoms with Gasteiger partial charge in [-0.15, -0.1) is 0 Å². The summed E-state index contributed by atoms with van der Waals surface area (Å²) in [6.45, 7) is 11.2. The number of hydrogen-bond acceptors (Lipinski definition) is 9. The molecule has 1 N–H and O–H groups in total. The molecule has 54 heavy (non-hydrogen) atoms. The first-order chi connectivity index (χ1) is 26.0. The van der Waals surface area contributed by atoms with E-state index in [9.17, 15) is 24.4 Å². The van der Waals surface area contributed by atoms with Crippen LogP contribution in [0.4, 0.5) is 17.1 Å². The fourth-order valence-corrected chi connectivity index (χ4v) is 7.05. The molecule has 4 amide bonds. The fraction of sp³-hybridized carbons (Fsp3) is 0.395. The number of carbonyl (C=O) groups is 4. The van der Waals surface area contributed by atoms with Crippen LogP contribution in [0.3, 0.4) is 0 Å². The number of amides is 4. The number of benzene rings is 3. The summed E-state index contributed by atoms with van der Waals surface area (Å²) in [6, 6.07) is 21.7. The summed E-state index contributed by atoms with van der Waals surface area (Å²) < 4.78 is 5.49. The summed E-state index contributed by atoms with van der Waals surface area (Å²) in [5.74, 6) is -0.400. The van der Waals surface area contributed by atoms with Crippen LogP contribution in [0.25, 0.3) is 11.1 Å². The number of anilines is 3. The molecule has 0 spiro atoms. The smallest absolute Gasteiger partial charge is 0.261 e. The molecular formula is C43H50N6O5. The summed E-state index contributed by atoms with van der Waals surface area (Å²) in [4.78, 5) is 53.6. The predicted octanol–water partition coefficient (Wildman–Crippen LogP) is 7.93. The van der Waals surface area contributed by atoms with Crippen LogP contribution in [0.1, 0.15) is 90.4 Å². The largest absolute Gasteiger partial charge is 0.385 e. The van der Waals surface area contributed by atoms with Crippen LogP contribution < -0.4 is 10.2 Å². The topological polar surface area (TPSA) is 140 Å². The van der Waals surface area contributed by atoms with Crippen LogP contribution >= 0.6 is 0 Å². The Kier molecular flexibility index (Phi) is 12.7. The molecule has 5 rings (SSSR count). The molecule has 0 bridgehead atoms. The van der Waals surface area contributed by atoms with E-state index in [0.29, 0.717) is 30.4 Å². The predicted molar refractivity (Wildman–Crippen MR) is 209 cm³/mol. The van der Waals surface area contributed by atoms with Crippen molar-refractivity contribution in [3.05, 3.63) is 94.4 Å². The number of unbranched alkanes of at least 4 members (excludes halogenated alkanes) is 2. The zero-order chi connectivity index (χ0) is 39.0. The van der Waals surface area contributed by atoms with Crippen LogP contribution in [-0.2, 0) is 19.8 Å². The fourth-order valence-electron chi connectivity index (χ4n) is 7.05. The second kappa shape index (κ2) is 17.4. The van der Waals surface area contributed by atoms with Crippen molar-refractivity contribution in [3.8, 4) is 17.2 Å². The summed E-state index contributed by atoms with van der Waals surface area (Å²) >= 11 is 0. The van der Waals surface area contributed by atoms with Crippen molar-refractivity contribution >= 4 is 41.7 Å². The molecule has 1 aliphatic rings. The van der Waals surface area contributed by atoms with E-state index in [2.05, 4.69) is 70.8 Å². The van der Waals surface area contributed by atoms with Crippen molar-refractivity contribution in [2.24, 2.45) is 0 Å². The number of aryl methyl sites for hydroxylation is 4. The Balaban J connectivity index is 1.24. The molecule has 1 atom stereocenters. The van der Waals surface area contributed by atoms with Gasteiger partial charge in [-0.2, -0.15) is 5.26 Å². The van der Waals surface area contributed by atoms with Crippen LogP contribution in [0.2, 0.25) is 0 Å². The minimum absolute atomic E-state index is 0.252. The molecule has 4 aromatic rings. The molecule has 1 saturated carbocycles. The number of rotatable bonds is 18. The van der Waals surface area contributed by atoms with Crippen molar-refractivity contribution in [2.75, 3.05) is 30.4 Å². The van der Waals surface area contributed by atoms with E-state index < -0.39 is 17.9 Å². The Bertz CT molecular complexity index is 2010. The molecule has 1 aliphatic carbocycles.